The molecule has 9 nitrogen and oxygen atoms in total. The number of alkyl halides is 7. The van der Waals surface area contributed by atoms with E-state index in [0.717, 1.165) is 13.8 Å². The number of hydrogen-bond acceptors (Lipinski definition) is 9. The van der Waals surface area contributed by atoms with Gasteiger partial charge in [0, 0.05) is 12.0 Å². The highest BCUT2D eigenvalue weighted by atomic mass is 32.2. The topological polar surface area (TPSA) is 136 Å². The van der Waals surface area contributed by atoms with Gasteiger partial charge in [0.1, 0.15) is 6.61 Å². The summed E-state index contributed by atoms with van der Waals surface area (Å²) in [7, 11) is -6.76. The van der Waals surface area contributed by atoms with Crippen LogP contribution in [0.2, 0.25) is 0 Å². The number of hydrogen-bond donors (Lipinski definition) is 0. The van der Waals surface area contributed by atoms with Crippen molar-refractivity contribution >= 4 is 27.8 Å². The molecule has 0 aliphatic heterocycles. The molecule has 0 saturated carbocycles. The van der Waals surface area contributed by atoms with Crippen molar-refractivity contribution in [2.24, 2.45) is 0 Å². The Hall–Kier alpha value is -2.27. The largest absolute Gasteiger partial charge is 0.743 e. The third-order valence-electron chi connectivity index (χ3n) is 3.56. The molecule has 0 aromatic rings. The van der Waals surface area contributed by atoms with E-state index in [4.69, 9.17) is 0 Å². The van der Waals surface area contributed by atoms with E-state index in [1.807, 2.05) is 0 Å². The van der Waals surface area contributed by atoms with Gasteiger partial charge in [0.2, 0.25) is 0 Å². The Bertz CT molecular complexity index is 868. The number of Topliss-reactive ketones (excluding diaryl/α,β-unsaturated/α-hetero) is 1. The number of esters is 2. The van der Waals surface area contributed by atoms with Gasteiger partial charge in [0.15, 0.2) is 15.9 Å². The Kier molecular flexibility index (Phi) is 10.0. The predicted molar refractivity (Wildman–Crippen MR) is 90.7 cm³/mol. The lowest BCUT2D eigenvalue weighted by molar-refractivity contribution is -0.354. The number of carbonyl (C=O) groups is 3. The Balaban J connectivity index is 5.58. The Morgan fingerprint density at radius 2 is 1.48 bits per heavy atom. The number of ketones is 1. The number of unbranched alkanes of at least 4 members (excludes halogenated alkanes) is 1. The molecule has 0 aliphatic carbocycles. The molecule has 0 fully saturated rings. The molecule has 0 aliphatic rings. The summed E-state index contributed by atoms with van der Waals surface area (Å²) in [6, 6.07) is 0. The van der Waals surface area contributed by atoms with E-state index in [0.29, 0.717) is 0 Å². The van der Waals surface area contributed by atoms with Crippen molar-refractivity contribution < 1.29 is 72.3 Å². The van der Waals surface area contributed by atoms with Crippen LogP contribution in [0.5, 0.6) is 0 Å². The van der Waals surface area contributed by atoms with Crippen LogP contribution in [0.25, 0.3) is 0 Å². The van der Waals surface area contributed by atoms with Crippen LogP contribution in [0.4, 0.5) is 30.7 Å². The molecule has 192 valence electrons. The molecule has 0 aromatic heterocycles. The second-order valence-corrected chi connectivity index (χ2v) is 7.96. The number of rotatable bonds is 13. The minimum Gasteiger partial charge on any atom is -0.743 e. The molecule has 0 spiro atoms. The molecule has 0 bridgehead atoms. The van der Waals surface area contributed by atoms with Crippen LogP contribution >= 0.6 is 0 Å². The first-order valence-electron chi connectivity index (χ1n) is 8.59. The SMILES string of the molecule is C=C(C)C(=O)OC(OCCCCC(F)(F)C(F)(F)S(=O)(=O)[O-])(C(=O)OCC(C)=O)C(F)(F)F. The van der Waals surface area contributed by atoms with E-state index in [1.165, 1.54) is 0 Å². The molecule has 0 radical (unpaired) electrons. The molecule has 0 aromatic carbocycles. The first-order valence-corrected chi connectivity index (χ1v) is 10.0. The zero-order chi connectivity index (χ0) is 26.5. The molecule has 33 heavy (non-hydrogen) atoms. The van der Waals surface area contributed by atoms with E-state index >= 15 is 0 Å². The molecule has 0 heterocycles. The standard InChI is InChI=1S/C16H19F7O9S/c1-9(2)11(25)32-14(15(19,20)21,12(26)30-8-10(3)24)31-7-5-4-6-13(17,18)16(22,23)33(27,28)29/h1,4-8H2,2-3H3,(H,27,28,29)/p-1. The second kappa shape index (κ2) is 10.8. The van der Waals surface area contributed by atoms with Crippen LogP contribution in [-0.4, -0.2) is 67.0 Å². The van der Waals surface area contributed by atoms with Crippen LogP contribution in [-0.2, 0) is 38.7 Å². The maximum atomic E-state index is 13.6. The molecular formula is C16H18F7O9S-. The summed E-state index contributed by atoms with van der Waals surface area (Å²) in [5.41, 5.74) is -0.632. The van der Waals surface area contributed by atoms with Gasteiger partial charge in [0.05, 0.1) is 6.61 Å². The summed E-state index contributed by atoms with van der Waals surface area (Å²) in [6.07, 6.45) is -9.86. The van der Waals surface area contributed by atoms with E-state index < -0.39 is 89.0 Å². The lowest BCUT2D eigenvalue weighted by atomic mass is 10.1. The highest BCUT2D eigenvalue weighted by molar-refractivity contribution is 7.86. The van der Waals surface area contributed by atoms with Crippen molar-refractivity contribution in [1.29, 1.82) is 0 Å². The molecule has 1 unspecified atom stereocenters. The van der Waals surface area contributed by atoms with Crippen LogP contribution in [0.15, 0.2) is 12.2 Å². The molecular weight excluding hydrogens is 501 g/mol. The number of carbonyl (C=O) groups excluding carboxylic acids is 3. The van der Waals surface area contributed by atoms with E-state index in [-0.39, 0.29) is 0 Å². The van der Waals surface area contributed by atoms with E-state index in [2.05, 4.69) is 20.8 Å². The third kappa shape index (κ3) is 7.63. The van der Waals surface area contributed by atoms with E-state index in [1.54, 1.807) is 0 Å². The van der Waals surface area contributed by atoms with Gasteiger partial charge in [-0.25, -0.2) is 18.0 Å². The summed E-state index contributed by atoms with van der Waals surface area (Å²) < 4.78 is 137. The molecule has 0 N–H and O–H groups in total. The minimum absolute atomic E-state index is 0.632. The quantitative estimate of drug-likeness (QED) is 0.0898. The van der Waals surface area contributed by atoms with Crippen molar-refractivity contribution in [3.8, 4) is 0 Å². The lowest BCUT2D eigenvalue weighted by Gasteiger charge is -2.32. The van der Waals surface area contributed by atoms with Crippen molar-refractivity contribution in [1.82, 2.24) is 0 Å². The van der Waals surface area contributed by atoms with Gasteiger partial charge < -0.3 is 18.8 Å². The second-order valence-electron chi connectivity index (χ2n) is 6.54. The minimum atomic E-state index is -6.76. The average molecular weight is 519 g/mol. The van der Waals surface area contributed by atoms with Crippen molar-refractivity contribution in [2.75, 3.05) is 13.2 Å². The van der Waals surface area contributed by atoms with E-state index in [9.17, 15) is 58.1 Å². The van der Waals surface area contributed by atoms with Gasteiger partial charge in [-0.05, 0) is 26.7 Å². The van der Waals surface area contributed by atoms with Crippen LogP contribution < -0.4 is 0 Å². The smallest absolute Gasteiger partial charge is 0.468 e. The molecule has 0 saturated heterocycles. The monoisotopic (exact) mass is 519 g/mol. The van der Waals surface area contributed by atoms with Gasteiger partial charge in [0.25, 0.3) is 0 Å². The maximum Gasteiger partial charge on any atom is 0.468 e. The van der Waals surface area contributed by atoms with Crippen LogP contribution in [0, 0.1) is 0 Å². The van der Waals surface area contributed by atoms with Gasteiger partial charge in [-0.2, -0.15) is 30.7 Å². The van der Waals surface area contributed by atoms with Gasteiger partial charge in [-0.3, -0.25) is 4.79 Å². The van der Waals surface area contributed by atoms with Gasteiger partial charge in [-0.1, -0.05) is 6.58 Å². The fourth-order valence-electron chi connectivity index (χ4n) is 1.86. The summed E-state index contributed by atoms with van der Waals surface area (Å²) in [4.78, 5) is 34.5. The van der Waals surface area contributed by atoms with Crippen LogP contribution in [0.1, 0.15) is 33.1 Å². The zero-order valence-electron chi connectivity index (χ0n) is 17.0. The first kappa shape index (κ1) is 30.7. The summed E-state index contributed by atoms with van der Waals surface area (Å²) in [5, 5.41) is -6.00. The third-order valence-corrected chi connectivity index (χ3v) is 4.49. The summed E-state index contributed by atoms with van der Waals surface area (Å²) >= 11 is 0. The maximum absolute atomic E-state index is 13.6. The van der Waals surface area contributed by atoms with Crippen molar-refractivity contribution in [3.63, 3.8) is 0 Å². The van der Waals surface area contributed by atoms with Gasteiger partial charge in [-0.15, -0.1) is 0 Å². The highest BCUT2D eigenvalue weighted by Gasteiger charge is 2.68. The fraction of sp³-hybridized carbons (Fsp3) is 0.688. The number of halogens is 7. The fourth-order valence-corrected chi connectivity index (χ4v) is 2.33. The Labute approximate surface area is 182 Å². The lowest BCUT2D eigenvalue weighted by Crippen LogP contribution is -2.58. The first-order chi connectivity index (χ1) is 14.6. The van der Waals surface area contributed by atoms with Crippen molar-refractivity contribution in [2.45, 2.75) is 56.3 Å². The number of ether oxygens (including phenoxy) is 3. The Morgan fingerprint density at radius 3 is 1.88 bits per heavy atom. The molecule has 0 amide bonds. The molecule has 1 atom stereocenters. The molecule has 0 rings (SSSR count). The average Bonchev–Trinajstić information content (AvgIpc) is 2.62. The van der Waals surface area contributed by atoms with Crippen LogP contribution in [0.3, 0.4) is 0 Å². The summed E-state index contributed by atoms with van der Waals surface area (Å²) in [5.74, 6) is -15.0. The van der Waals surface area contributed by atoms with Gasteiger partial charge >= 0.3 is 35.1 Å². The van der Waals surface area contributed by atoms with Crippen molar-refractivity contribution in [3.05, 3.63) is 12.2 Å². The Morgan fingerprint density at radius 1 is 0.970 bits per heavy atom. The zero-order valence-corrected chi connectivity index (χ0v) is 17.8. The molecule has 17 heteroatoms. The highest BCUT2D eigenvalue weighted by Crippen LogP contribution is 2.42. The normalized spacial score (nSPS) is 14.8. The summed E-state index contributed by atoms with van der Waals surface area (Å²) in [6.45, 7) is 2.22. The predicted octanol–water partition coefficient (Wildman–Crippen LogP) is 2.46.